The fourth-order valence-electron chi connectivity index (χ4n) is 6.34. The Kier molecular flexibility index (Phi) is 3.24. The molecule has 2 aromatic heterocycles. The first-order valence-electron chi connectivity index (χ1n) is 11.7. The molecule has 0 fully saturated rings. The van der Waals surface area contributed by atoms with Gasteiger partial charge in [-0.1, -0.05) is 90.0 Å². The first-order valence-corrected chi connectivity index (χ1v) is 13.3. The summed E-state index contributed by atoms with van der Waals surface area (Å²) in [6.07, 6.45) is 0. The van der Waals surface area contributed by atoms with Crippen LogP contribution >= 0.6 is 23.1 Å². The van der Waals surface area contributed by atoms with Crippen molar-refractivity contribution in [1.82, 2.24) is 4.57 Å². The predicted molar refractivity (Wildman–Crippen MR) is 149 cm³/mol. The van der Waals surface area contributed by atoms with Gasteiger partial charge in [0.25, 0.3) is 0 Å². The van der Waals surface area contributed by atoms with Crippen LogP contribution in [0, 0.1) is 0 Å². The van der Waals surface area contributed by atoms with Crippen molar-refractivity contribution < 1.29 is 0 Å². The Morgan fingerprint density at radius 3 is 2.29 bits per heavy atom. The second kappa shape index (κ2) is 6.15. The van der Waals surface area contributed by atoms with Gasteiger partial charge in [-0.2, -0.15) is 0 Å². The minimum atomic E-state index is 0.280. The number of aromatic nitrogens is 1. The summed E-state index contributed by atoms with van der Waals surface area (Å²) in [5.41, 5.74) is 8.39. The van der Waals surface area contributed by atoms with Crippen molar-refractivity contribution in [2.75, 3.05) is 0 Å². The Morgan fingerprint density at radius 2 is 1.29 bits per heavy atom. The summed E-state index contributed by atoms with van der Waals surface area (Å²) >= 11 is 3.85. The molecule has 2 aliphatic rings. The largest absolute Gasteiger partial charge is 0.309 e. The SMILES string of the molecule is c1ccc2c(c1)Sc1cccc3c1B2c1cccc2c4ccc5c6ccccc6sc5c4n-3c12. The van der Waals surface area contributed by atoms with Crippen LogP contribution in [0.15, 0.2) is 107 Å². The lowest BCUT2D eigenvalue weighted by molar-refractivity contribution is 1.18. The summed E-state index contributed by atoms with van der Waals surface area (Å²) in [6.45, 7) is 0.280. The third-order valence-electron chi connectivity index (χ3n) is 7.66. The van der Waals surface area contributed by atoms with Crippen LogP contribution < -0.4 is 16.4 Å². The summed E-state index contributed by atoms with van der Waals surface area (Å²) in [7, 11) is 0. The lowest BCUT2D eigenvalue weighted by Gasteiger charge is -2.33. The molecule has 9 rings (SSSR count). The van der Waals surface area contributed by atoms with Gasteiger partial charge < -0.3 is 4.57 Å². The van der Waals surface area contributed by atoms with Crippen LogP contribution in [0.25, 0.3) is 47.7 Å². The van der Waals surface area contributed by atoms with Gasteiger partial charge in [-0.25, -0.2) is 0 Å². The number of hydrogen-bond donors (Lipinski definition) is 0. The quantitative estimate of drug-likeness (QED) is 0.233. The van der Waals surface area contributed by atoms with Crippen LogP contribution in [0.2, 0.25) is 0 Å². The summed E-state index contributed by atoms with van der Waals surface area (Å²) in [4.78, 5) is 2.76. The molecule has 0 bridgehead atoms. The molecule has 0 amide bonds. The van der Waals surface area contributed by atoms with Crippen LogP contribution in [0.1, 0.15) is 0 Å². The van der Waals surface area contributed by atoms with E-state index in [4.69, 9.17) is 0 Å². The molecule has 0 aliphatic carbocycles. The van der Waals surface area contributed by atoms with E-state index in [9.17, 15) is 0 Å². The Bertz CT molecular complexity index is 2010. The van der Waals surface area contributed by atoms with Crippen molar-refractivity contribution in [2.45, 2.75) is 9.79 Å². The fourth-order valence-corrected chi connectivity index (χ4v) is 8.75. The van der Waals surface area contributed by atoms with Gasteiger partial charge in [0.15, 0.2) is 0 Å². The molecule has 1 nitrogen and oxygen atoms in total. The zero-order valence-corrected chi connectivity index (χ0v) is 19.7. The van der Waals surface area contributed by atoms with Crippen molar-refractivity contribution in [3.63, 3.8) is 0 Å². The molecule has 0 spiro atoms. The molecular weight excluding hydrogens is 449 g/mol. The Hall–Kier alpha value is -3.47. The van der Waals surface area contributed by atoms with Crippen LogP contribution in [-0.2, 0) is 0 Å². The summed E-state index contributed by atoms with van der Waals surface area (Å²) in [5, 5.41) is 5.43. The zero-order chi connectivity index (χ0) is 22.0. The van der Waals surface area contributed by atoms with Crippen LogP contribution in [-0.4, -0.2) is 11.3 Å². The molecule has 0 atom stereocenters. The van der Waals surface area contributed by atoms with Crippen molar-refractivity contribution >= 4 is 88.2 Å². The van der Waals surface area contributed by atoms with Crippen molar-refractivity contribution in [3.8, 4) is 5.69 Å². The van der Waals surface area contributed by atoms with E-state index in [0.29, 0.717) is 0 Å². The Balaban J connectivity index is 1.55. The normalized spacial score (nSPS) is 13.7. The van der Waals surface area contributed by atoms with Gasteiger partial charge in [0.05, 0.1) is 10.2 Å². The number of rotatable bonds is 0. The second-order valence-electron chi connectivity index (χ2n) is 9.28. The van der Waals surface area contributed by atoms with E-state index in [-0.39, 0.29) is 6.71 Å². The standard InChI is InChI=1S/C30H16BNS2/c1-3-12-24-17(7-1)20-16-15-19-18-8-5-10-22-28(18)32(29(19)30(20)34-24)23-11-6-14-26-27(23)31(22)21-9-2-4-13-25(21)33-26/h1-16H. The van der Waals surface area contributed by atoms with E-state index in [0.717, 1.165) is 0 Å². The highest BCUT2D eigenvalue weighted by Gasteiger charge is 2.39. The molecule has 0 saturated heterocycles. The van der Waals surface area contributed by atoms with Gasteiger partial charge in [-0.15, -0.1) is 11.3 Å². The minimum absolute atomic E-state index is 0.280. The molecule has 34 heavy (non-hydrogen) atoms. The molecule has 4 heteroatoms. The number of hydrogen-bond acceptors (Lipinski definition) is 2. The molecule has 4 heterocycles. The maximum Gasteiger partial charge on any atom is 0.249 e. The summed E-state index contributed by atoms with van der Waals surface area (Å²) in [5.74, 6) is 0. The first-order chi connectivity index (χ1) is 16.9. The van der Waals surface area contributed by atoms with E-state index in [1.807, 2.05) is 23.1 Å². The molecule has 0 saturated carbocycles. The molecule has 0 N–H and O–H groups in total. The van der Waals surface area contributed by atoms with Crippen molar-refractivity contribution in [3.05, 3.63) is 97.1 Å². The molecule has 5 aromatic carbocycles. The first kappa shape index (κ1) is 17.9. The number of nitrogens with zero attached hydrogens (tertiary/aromatic N) is 1. The molecule has 2 aliphatic heterocycles. The van der Waals surface area contributed by atoms with Gasteiger partial charge in [-0.3, -0.25) is 0 Å². The third-order valence-corrected chi connectivity index (χ3v) is 10.0. The smallest absolute Gasteiger partial charge is 0.249 e. The molecule has 156 valence electrons. The van der Waals surface area contributed by atoms with E-state index in [1.54, 1.807) is 0 Å². The number of fused-ring (bicyclic) bond motifs is 11. The highest BCUT2D eigenvalue weighted by Crippen LogP contribution is 2.44. The predicted octanol–water partition coefficient (Wildman–Crippen LogP) is 6.45. The average molecular weight is 465 g/mol. The summed E-state index contributed by atoms with van der Waals surface area (Å²) < 4.78 is 5.33. The molecule has 7 aromatic rings. The Labute approximate surface area is 204 Å². The van der Waals surface area contributed by atoms with E-state index in [2.05, 4.69) is 102 Å². The lowest BCUT2D eigenvalue weighted by Crippen LogP contribution is -2.58. The van der Waals surface area contributed by atoms with E-state index in [1.165, 1.54) is 73.8 Å². The van der Waals surface area contributed by atoms with Gasteiger partial charge in [0, 0.05) is 47.2 Å². The topological polar surface area (TPSA) is 4.93 Å². The Morgan fingerprint density at radius 1 is 0.559 bits per heavy atom. The van der Waals surface area contributed by atoms with E-state index >= 15 is 0 Å². The third kappa shape index (κ3) is 2.02. The van der Waals surface area contributed by atoms with Crippen LogP contribution in [0.4, 0.5) is 0 Å². The average Bonchev–Trinajstić information content (AvgIpc) is 3.43. The number of thiophene rings is 1. The summed E-state index contributed by atoms with van der Waals surface area (Å²) in [6, 6.07) is 36.3. The van der Waals surface area contributed by atoms with Gasteiger partial charge in [-0.05, 0) is 35.2 Å². The lowest BCUT2D eigenvalue weighted by atomic mass is 9.35. The van der Waals surface area contributed by atoms with Crippen LogP contribution in [0.3, 0.4) is 0 Å². The second-order valence-corrected chi connectivity index (χ2v) is 11.4. The minimum Gasteiger partial charge on any atom is -0.309 e. The van der Waals surface area contributed by atoms with Gasteiger partial charge >= 0.3 is 0 Å². The van der Waals surface area contributed by atoms with Crippen molar-refractivity contribution in [1.29, 1.82) is 0 Å². The van der Waals surface area contributed by atoms with Crippen LogP contribution in [0.5, 0.6) is 0 Å². The van der Waals surface area contributed by atoms with Gasteiger partial charge in [0.1, 0.15) is 0 Å². The monoisotopic (exact) mass is 465 g/mol. The molecule has 0 unspecified atom stereocenters. The number of benzene rings is 5. The fraction of sp³-hybridized carbons (Fsp3) is 0. The molecule has 0 radical (unpaired) electrons. The highest BCUT2D eigenvalue weighted by atomic mass is 32.2. The maximum absolute atomic E-state index is 2.58. The number of para-hydroxylation sites is 1. The maximum atomic E-state index is 2.58. The van der Waals surface area contributed by atoms with Crippen molar-refractivity contribution in [2.24, 2.45) is 0 Å². The van der Waals surface area contributed by atoms with E-state index < -0.39 is 0 Å². The highest BCUT2D eigenvalue weighted by molar-refractivity contribution is 8.00. The van der Waals surface area contributed by atoms with Gasteiger partial charge in [0.2, 0.25) is 6.71 Å². The zero-order valence-electron chi connectivity index (χ0n) is 18.1. The molecular formula is C30H16BNS2.